The van der Waals surface area contributed by atoms with Crippen molar-refractivity contribution in [3.8, 4) is 0 Å². The smallest absolute Gasteiger partial charge is 0.264 e. The molecular formula is C16H22ClNO3S. The van der Waals surface area contributed by atoms with Crippen molar-refractivity contribution in [3.63, 3.8) is 0 Å². The predicted molar refractivity (Wildman–Crippen MR) is 87.6 cm³/mol. The minimum atomic E-state index is -3.48. The van der Waals surface area contributed by atoms with Gasteiger partial charge in [0, 0.05) is 29.9 Å². The summed E-state index contributed by atoms with van der Waals surface area (Å²) in [5.41, 5.74) is 1.13. The van der Waals surface area contributed by atoms with Gasteiger partial charge in [-0.05, 0) is 36.5 Å². The lowest BCUT2D eigenvalue weighted by atomic mass is 9.68. The van der Waals surface area contributed by atoms with E-state index >= 15 is 0 Å². The maximum Gasteiger partial charge on any atom is 0.264 e. The molecule has 0 aromatic heterocycles. The zero-order valence-electron chi connectivity index (χ0n) is 12.7. The van der Waals surface area contributed by atoms with E-state index in [0.717, 1.165) is 37.8 Å². The van der Waals surface area contributed by atoms with Crippen molar-refractivity contribution in [2.24, 2.45) is 11.8 Å². The molecule has 2 unspecified atom stereocenters. The van der Waals surface area contributed by atoms with E-state index in [-0.39, 0.29) is 17.9 Å². The molecule has 1 saturated heterocycles. The average Bonchev–Trinajstić information content (AvgIpc) is 2.30. The first-order valence-corrected chi connectivity index (χ1v) is 9.98. The number of hydrogen-bond acceptors (Lipinski definition) is 4. The van der Waals surface area contributed by atoms with E-state index in [9.17, 15) is 8.42 Å². The Morgan fingerprint density at radius 2 is 1.82 bits per heavy atom. The molecule has 1 aromatic carbocycles. The average molecular weight is 344 g/mol. The van der Waals surface area contributed by atoms with Gasteiger partial charge in [0.05, 0.1) is 12.4 Å². The van der Waals surface area contributed by atoms with Crippen LogP contribution < -0.4 is 5.32 Å². The van der Waals surface area contributed by atoms with Crippen LogP contribution in [0.4, 0.5) is 0 Å². The highest BCUT2D eigenvalue weighted by atomic mass is 35.5. The van der Waals surface area contributed by atoms with Crippen LogP contribution in [0.25, 0.3) is 0 Å². The van der Waals surface area contributed by atoms with Gasteiger partial charge in [-0.15, -0.1) is 0 Å². The highest BCUT2D eigenvalue weighted by Crippen LogP contribution is 2.45. The van der Waals surface area contributed by atoms with Crippen LogP contribution in [0.5, 0.6) is 0 Å². The third-order valence-corrected chi connectivity index (χ3v) is 5.65. The van der Waals surface area contributed by atoms with Gasteiger partial charge in [-0.25, -0.2) is 0 Å². The van der Waals surface area contributed by atoms with Crippen LogP contribution in [-0.2, 0) is 14.3 Å². The van der Waals surface area contributed by atoms with Crippen molar-refractivity contribution < 1.29 is 12.6 Å². The molecule has 1 aliphatic heterocycles. The first-order chi connectivity index (χ1) is 10.4. The summed E-state index contributed by atoms with van der Waals surface area (Å²) in [5.74, 6) is 0.859. The monoisotopic (exact) mass is 343 g/mol. The van der Waals surface area contributed by atoms with Gasteiger partial charge in [-0.3, -0.25) is 4.18 Å². The maximum absolute atomic E-state index is 11.7. The standard InChI is InChI=1S/C16H22ClNO3S/c1-22(19,20)21-16(13-9-18-10-13)15(11-3-2-4-11)12-5-7-14(17)8-6-12/h5-8,11,13,15-16,18H,2-4,9-10H2,1H3. The lowest BCUT2D eigenvalue weighted by Crippen LogP contribution is -2.53. The first-order valence-electron chi connectivity index (χ1n) is 7.78. The van der Waals surface area contributed by atoms with Crippen molar-refractivity contribution >= 4 is 21.7 Å². The third-order valence-electron chi connectivity index (χ3n) is 4.83. The second-order valence-electron chi connectivity index (χ2n) is 6.45. The van der Waals surface area contributed by atoms with Crippen LogP contribution in [0, 0.1) is 11.8 Å². The Morgan fingerprint density at radius 1 is 1.18 bits per heavy atom. The number of hydrogen-bond donors (Lipinski definition) is 1. The van der Waals surface area contributed by atoms with Crippen LogP contribution in [0.1, 0.15) is 30.7 Å². The molecule has 2 fully saturated rings. The van der Waals surface area contributed by atoms with Gasteiger partial charge in [-0.2, -0.15) is 8.42 Å². The lowest BCUT2D eigenvalue weighted by Gasteiger charge is -2.44. The van der Waals surface area contributed by atoms with Crippen molar-refractivity contribution in [2.75, 3.05) is 19.3 Å². The van der Waals surface area contributed by atoms with Crippen LogP contribution in [0.2, 0.25) is 5.02 Å². The molecule has 1 N–H and O–H groups in total. The molecule has 4 nitrogen and oxygen atoms in total. The largest absolute Gasteiger partial charge is 0.316 e. The first kappa shape index (κ1) is 16.2. The summed E-state index contributed by atoms with van der Waals surface area (Å²) in [5, 5.41) is 3.92. The minimum Gasteiger partial charge on any atom is -0.316 e. The number of rotatable bonds is 6. The SMILES string of the molecule is CS(=O)(=O)OC(C1CNC1)C(c1ccc(Cl)cc1)C1CCC1. The van der Waals surface area contributed by atoms with E-state index in [1.165, 1.54) is 6.42 Å². The second-order valence-corrected chi connectivity index (χ2v) is 8.49. The Kier molecular flexibility index (Phi) is 4.78. The van der Waals surface area contributed by atoms with E-state index < -0.39 is 10.1 Å². The number of benzene rings is 1. The third kappa shape index (κ3) is 3.65. The summed E-state index contributed by atoms with van der Waals surface area (Å²) in [4.78, 5) is 0. The molecule has 2 aliphatic rings. The zero-order valence-corrected chi connectivity index (χ0v) is 14.2. The van der Waals surface area contributed by atoms with Gasteiger partial charge in [0.25, 0.3) is 10.1 Å². The number of halogens is 1. The molecular weight excluding hydrogens is 322 g/mol. The lowest BCUT2D eigenvalue weighted by molar-refractivity contribution is 0.0445. The molecule has 1 saturated carbocycles. The summed E-state index contributed by atoms with van der Waals surface area (Å²) in [7, 11) is -3.48. The summed E-state index contributed by atoms with van der Waals surface area (Å²) >= 11 is 5.99. The van der Waals surface area contributed by atoms with Crippen LogP contribution >= 0.6 is 11.6 Å². The Morgan fingerprint density at radius 3 is 2.23 bits per heavy atom. The summed E-state index contributed by atoms with van der Waals surface area (Å²) in [6.45, 7) is 1.63. The predicted octanol–water partition coefficient (Wildman–Crippen LogP) is 2.79. The van der Waals surface area contributed by atoms with Crippen molar-refractivity contribution in [1.82, 2.24) is 5.32 Å². The highest BCUT2D eigenvalue weighted by Gasteiger charge is 2.42. The highest BCUT2D eigenvalue weighted by molar-refractivity contribution is 7.86. The summed E-state index contributed by atoms with van der Waals surface area (Å²) < 4.78 is 29.0. The van der Waals surface area contributed by atoms with E-state index in [1.807, 2.05) is 24.3 Å². The van der Waals surface area contributed by atoms with Crippen LogP contribution in [0.15, 0.2) is 24.3 Å². The zero-order chi connectivity index (χ0) is 15.7. The maximum atomic E-state index is 11.7. The molecule has 22 heavy (non-hydrogen) atoms. The van der Waals surface area contributed by atoms with Gasteiger partial charge in [0.15, 0.2) is 0 Å². The fourth-order valence-corrected chi connectivity index (χ4v) is 4.20. The topological polar surface area (TPSA) is 55.4 Å². The van der Waals surface area contributed by atoms with Crippen molar-refractivity contribution in [2.45, 2.75) is 31.3 Å². The van der Waals surface area contributed by atoms with Crippen LogP contribution in [0.3, 0.4) is 0 Å². The number of nitrogens with one attached hydrogen (secondary N) is 1. The molecule has 2 atom stereocenters. The van der Waals surface area contributed by atoms with E-state index in [1.54, 1.807) is 0 Å². The van der Waals surface area contributed by atoms with Gasteiger partial charge >= 0.3 is 0 Å². The Bertz CT molecular complexity index is 609. The van der Waals surface area contributed by atoms with Gasteiger partial charge < -0.3 is 5.32 Å². The molecule has 122 valence electrons. The molecule has 3 rings (SSSR count). The van der Waals surface area contributed by atoms with Crippen molar-refractivity contribution in [3.05, 3.63) is 34.9 Å². The Labute approximate surface area is 137 Å². The fraction of sp³-hybridized carbons (Fsp3) is 0.625. The van der Waals surface area contributed by atoms with Crippen LogP contribution in [-0.4, -0.2) is 33.9 Å². The van der Waals surface area contributed by atoms with Gasteiger partial charge in [0.2, 0.25) is 0 Å². The fourth-order valence-electron chi connectivity index (χ4n) is 3.39. The van der Waals surface area contributed by atoms with Gasteiger partial charge in [-0.1, -0.05) is 30.2 Å². The summed E-state index contributed by atoms with van der Waals surface area (Å²) in [6, 6.07) is 7.77. The Balaban J connectivity index is 1.92. The van der Waals surface area contributed by atoms with Crippen molar-refractivity contribution in [1.29, 1.82) is 0 Å². The molecule has 0 radical (unpaired) electrons. The molecule has 1 heterocycles. The van der Waals surface area contributed by atoms with Gasteiger partial charge in [0.1, 0.15) is 0 Å². The van der Waals surface area contributed by atoms with E-state index in [4.69, 9.17) is 15.8 Å². The molecule has 0 spiro atoms. The summed E-state index contributed by atoms with van der Waals surface area (Å²) in [6.07, 6.45) is 4.34. The molecule has 0 amide bonds. The van der Waals surface area contributed by atoms with E-state index in [0.29, 0.717) is 10.9 Å². The second kappa shape index (κ2) is 6.48. The normalized spacial score (nSPS) is 22.6. The Hall–Kier alpha value is -0.620. The van der Waals surface area contributed by atoms with E-state index in [2.05, 4.69) is 5.32 Å². The molecule has 6 heteroatoms. The minimum absolute atomic E-state index is 0.118. The quantitative estimate of drug-likeness (QED) is 0.807. The molecule has 1 aliphatic carbocycles. The molecule has 0 bridgehead atoms. The molecule has 1 aromatic rings.